The molecular weight excluding hydrogens is 460 g/mol. The maximum atomic E-state index is 12.7. The van der Waals surface area contributed by atoms with E-state index in [1.807, 2.05) is 18.2 Å². The van der Waals surface area contributed by atoms with Crippen LogP contribution in [0.2, 0.25) is 5.02 Å². The predicted octanol–water partition coefficient (Wildman–Crippen LogP) is 4.42. The highest BCUT2D eigenvalue weighted by Gasteiger charge is 2.52. The van der Waals surface area contributed by atoms with E-state index >= 15 is 0 Å². The van der Waals surface area contributed by atoms with Crippen molar-refractivity contribution in [1.82, 2.24) is 0 Å². The van der Waals surface area contributed by atoms with E-state index in [0.29, 0.717) is 55.2 Å². The van der Waals surface area contributed by atoms with Crippen molar-refractivity contribution < 1.29 is 33.3 Å². The van der Waals surface area contributed by atoms with Gasteiger partial charge in [-0.05, 0) is 36.8 Å². The number of hydrogen-bond acceptors (Lipinski definition) is 7. The van der Waals surface area contributed by atoms with Crippen molar-refractivity contribution in [2.75, 3.05) is 19.8 Å². The lowest BCUT2D eigenvalue weighted by molar-refractivity contribution is -0.185. The molecule has 2 aliphatic heterocycles. The van der Waals surface area contributed by atoms with E-state index in [2.05, 4.69) is 0 Å². The number of carbonyl (C=O) groups is 2. The standard InChI is InChI=1S/C26H27ClO7/c27-18-7-4-8-19(13-18)30-16-26(31-11-12-32-26)10-9-20-21-14-24(28)33-23(21)15-22(20)34-25(29)17-5-2-1-3-6-17/h1-8,13,20-23H,9-12,14-16H2/t20-,21-,22-,23+/m1/s1. The molecule has 0 aromatic heterocycles. The molecule has 1 saturated carbocycles. The molecule has 3 aliphatic rings. The van der Waals surface area contributed by atoms with Gasteiger partial charge in [-0.1, -0.05) is 35.9 Å². The molecule has 0 spiro atoms. The Morgan fingerprint density at radius 2 is 1.88 bits per heavy atom. The molecule has 0 amide bonds. The number of halogens is 1. The van der Waals surface area contributed by atoms with Crippen LogP contribution in [-0.4, -0.2) is 49.8 Å². The number of fused-ring (bicyclic) bond motifs is 1. The van der Waals surface area contributed by atoms with E-state index in [1.165, 1.54) is 0 Å². The first-order valence-electron chi connectivity index (χ1n) is 11.6. The third-order valence-electron chi connectivity index (χ3n) is 6.85. The van der Waals surface area contributed by atoms with Crippen LogP contribution in [0.25, 0.3) is 0 Å². The quantitative estimate of drug-likeness (QED) is 0.511. The minimum atomic E-state index is -0.905. The number of rotatable bonds is 8. The van der Waals surface area contributed by atoms with Crippen LogP contribution in [0.3, 0.4) is 0 Å². The average molecular weight is 487 g/mol. The predicted molar refractivity (Wildman–Crippen MR) is 123 cm³/mol. The summed E-state index contributed by atoms with van der Waals surface area (Å²) in [5.74, 6) is -0.864. The Kier molecular flexibility index (Phi) is 6.77. The molecule has 7 nitrogen and oxygen atoms in total. The Bertz CT molecular complexity index is 1020. The summed E-state index contributed by atoms with van der Waals surface area (Å²) < 4.78 is 29.3. The monoisotopic (exact) mass is 486 g/mol. The normalized spacial score (nSPS) is 27.3. The van der Waals surface area contributed by atoms with Crippen LogP contribution in [0.5, 0.6) is 5.75 Å². The van der Waals surface area contributed by atoms with Gasteiger partial charge in [-0.15, -0.1) is 0 Å². The van der Waals surface area contributed by atoms with Crippen molar-refractivity contribution >= 4 is 23.5 Å². The summed E-state index contributed by atoms with van der Waals surface area (Å²) in [5, 5.41) is 0.589. The molecule has 2 aromatic rings. The average Bonchev–Trinajstić information content (AvgIpc) is 3.52. The number of carbonyl (C=O) groups excluding carboxylic acids is 2. The van der Waals surface area contributed by atoms with Gasteiger partial charge in [-0.3, -0.25) is 4.79 Å². The van der Waals surface area contributed by atoms with Gasteiger partial charge in [0.15, 0.2) is 0 Å². The Balaban J connectivity index is 1.27. The van der Waals surface area contributed by atoms with Gasteiger partial charge in [0.25, 0.3) is 0 Å². The zero-order chi connectivity index (χ0) is 23.5. The summed E-state index contributed by atoms with van der Waals surface area (Å²) in [6.45, 7) is 1.16. The SMILES string of the molecule is O=C1C[C@@H]2[C@@H](CCC3(COc4cccc(Cl)c4)OCCO3)[C@H](OC(=O)c3ccccc3)C[C@@H]2O1. The van der Waals surface area contributed by atoms with Crippen molar-refractivity contribution in [3.63, 3.8) is 0 Å². The Morgan fingerprint density at radius 3 is 2.65 bits per heavy atom. The minimum Gasteiger partial charge on any atom is -0.488 e. The molecule has 2 saturated heterocycles. The van der Waals surface area contributed by atoms with Gasteiger partial charge in [0, 0.05) is 29.7 Å². The summed E-state index contributed by atoms with van der Waals surface area (Å²) in [6.07, 6.45) is 1.45. The first-order chi connectivity index (χ1) is 16.5. The van der Waals surface area contributed by atoms with Crippen LogP contribution in [0.4, 0.5) is 0 Å². The topological polar surface area (TPSA) is 80.3 Å². The molecule has 1 aliphatic carbocycles. The fraction of sp³-hybridized carbons (Fsp3) is 0.462. The van der Waals surface area contributed by atoms with Gasteiger partial charge < -0.3 is 23.7 Å². The van der Waals surface area contributed by atoms with Crippen LogP contribution < -0.4 is 4.74 Å². The second kappa shape index (κ2) is 9.94. The molecule has 34 heavy (non-hydrogen) atoms. The summed E-state index contributed by atoms with van der Waals surface area (Å²) in [5.41, 5.74) is 0.504. The molecule has 0 unspecified atom stereocenters. The summed E-state index contributed by atoms with van der Waals surface area (Å²) >= 11 is 6.06. The Morgan fingerprint density at radius 1 is 1.09 bits per heavy atom. The highest BCUT2D eigenvalue weighted by atomic mass is 35.5. The molecule has 4 atom stereocenters. The number of ether oxygens (including phenoxy) is 5. The Hall–Kier alpha value is -2.61. The maximum absolute atomic E-state index is 12.7. The molecule has 5 rings (SSSR count). The lowest BCUT2D eigenvalue weighted by atomic mass is 9.86. The molecule has 180 valence electrons. The van der Waals surface area contributed by atoms with Crippen molar-refractivity contribution in [2.24, 2.45) is 11.8 Å². The van der Waals surface area contributed by atoms with Crippen LogP contribution in [-0.2, 0) is 23.7 Å². The van der Waals surface area contributed by atoms with Crippen LogP contribution in [0.15, 0.2) is 54.6 Å². The molecule has 0 radical (unpaired) electrons. The molecule has 0 bridgehead atoms. The van der Waals surface area contributed by atoms with Gasteiger partial charge in [0.2, 0.25) is 5.79 Å². The fourth-order valence-electron chi connectivity index (χ4n) is 5.21. The summed E-state index contributed by atoms with van der Waals surface area (Å²) in [4.78, 5) is 24.7. The summed E-state index contributed by atoms with van der Waals surface area (Å²) in [6, 6.07) is 16.1. The second-order valence-electron chi connectivity index (χ2n) is 9.00. The van der Waals surface area contributed by atoms with E-state index in [-0.39, 0.29) is 42.6 Å². The highest BCUT2D eigenvalue weighted by molar-refractivity contribution is 6.30. The number of hydrogen-bond donors (Lipinski definition) is 0. The van der Waals surface area contributed by atoms with Crippen molar-refractivity contribution in [3.05, 3.63) is 65.2 Å². The van der Waals surface area contributed by atoms with E-state index in [1.54, 1.807) is 36.4 Å². The largest absolute Gasteiger partial charge is 0.488 e. The zero-order valence-corrected chi connectivity index (χ0v) is 19.4. The molecule has 2 heterocycles. The lowest BCUT2D eigenvalue weighted by Crippen LogP contribution is -2.39. The van der Waals surface area contributed by atoms with Crippen molar-refractivity contribution in [1.29, 1.82) is 0 Å². The second-order valence-corrected chi connectivity index (χ2v) is 9.43. The van der Waals surface area contributed by atoms with E-state index in [0.717, 1.165) is 0 Å². The smallest absolute Gasteiger partial charge is 0.338 e. The van der Waals surface area contributed by atoms with Crippen LogP contribution in [0, 0.1) is 11.8 Å². The van der Waals surface area contributed by atoms with E-state index in [9.17, 15) is 9.59 Å². The maximum Gasteiger partial charge on any atom is 0.338 e. The number of esters is 2. The van der Waals surface area contributed by atoms with E-state index < -0.39 is 5.79 Å². The van der Waals surface area contributed by atoms with Crippen LogP contribution in [0.1, 0.15) is 36.0 Å². The van der Waals surface area contributed by atoms with Crippen molar-refractivity contribution in [2.45, 2.75) is 43.7 Å². The molecule has 2 aromatic carbocycles. The molecular formula is C26H27ClO7. The molecule has 0 N–H and O–H groups in total. The van der Waals surface area contributed by atoms with Gasteiger partial charge in [-0.2, -0.15) is 0 Å². The van der Waals surface area contributed by atoms with Gasteiger partial charge in [-0.25, -0.2) is 4.79 Å². The van der Waals surface area contributed by atoms with Gasteiger partial charge >= 0.3 is 11.9 Å². The third-order valence-corrected chi connectivity index (χ3v) is 7.08. The van der Waals surface area contributed by atoms with Gasteiger partial charge in [0.1, 0.15) is 24.6 Å². The first kappa shape index (κ1) is 23.1. The van der Waals surface area contributed by atoms with Gasteiger partial charge in [0.05, 0.1) is 25.2 Å². The molecule has 3 fully saturated rings. The third kappa shape index (κ3) is 5.06. The summed E-state index contributed by atoms with van der Waals surface area (Å²) in [7, 11) is 0. The Labute approximate surface area is 203 Å². The lowest BCUT2D eigenvalue weighted by Gasteiger charge is -2.30. The highest BCUT2D eigenvalue weighted by Crippen LogP contribution is 2.46. The number of benzene rings is 2. The van der Waals surface area contributed by atoms with Crippen molar-refractivity contribution in [3.8, 4) is 5.75 Å². The fourth-order valence-corrected chi connectivity index (χ4v) is 5.39. The first-order valence-corrected chi connectivity index (χ1v) is 12.0. The molecule has 8 heteroatoms. The van der Waals surface area contributed by atoms with Crippen LogP contribution >= 0.6 is 11.6 Å². The zero-order valence-electron chi connectivity index (χ0n) is 18.7. The minimum absolute atomic E-state index is 0.00775. The van der Waals surface area contributed by atoms with E-state index in [4.69, 9.17) is 35.3 Å².